The summed E-state index contributed by atoms with van der Waals surface area (Å²) in [4.78, 5) is 28.2. The molecule has 1 aromatic heterocycles. The lowest BCUT2D eigenvalue weighted by Gasteiger charge is -2.23. The van der Waals surface area contributed by atoms with E-state index in [1.807, 2.05) is 0 Å². The fourth-order valence-corrected chi connectivity index (χ4v) is 2.85. The molecule has 0 atom stereocenters. The number of hydrogen-bond acceptors (Lipinski definition) is 5. The lowest BCUT2D eigenvalue weighted by atomic mass is 9.83. The second kappa shape index (κ2) is 7.53. The van der Waals surface area contributed by atoms with Crippen LogP contribution in [0.1, 0.15) is 32.0 Å². The molecule has 1 N–H and O–H groups in total. The first-order chi connectivity index (χ1) is 11.3. The van der Waals surface area contributed by atoms with Crippen LogP contribution in [0.15, 0.2) is 29.6 Å². The Morgan fingerprint density at radius 2 is 2.04 bits per heavy atom. The van der Waals surface area contributed by atoms with Gasteiger partial charge in [-0.05, 0) is 26.8 Å². The lowest BCUT2D eigenvalue weighted by Crippen LogP contribution is -2.35. The van der Waals surface area contributed by atoms with E-state index in [4.69, 9.17) is 4.74 Å². The minimum absolute atomic E-state index is 0.0525. The fraction of sp³-hybridized carbons (Fsp3) is 0.353. The van der Waals surface area contributed by atoms with Crippen LogP contribution >= 0.6 is 11.3 Å². The normalized spacial score (nSPS) is 11.2. The zero-order valence-corrected chi connectivity index (χ0v) is 14.6. The van der Waals surface area contributed by atoms with Gasteiger partial charge in [-0.15, -0.1) is 11.3 Å². The molecule has 0 bridgehead atoms. The predicted octanol–water partition coefficient (Wildman–Crippen LogP) is 3.30. The number of ether oxygens (including phenoxy) is 1. The quantitative estimate of drug-likeness (QED) is 0.812. The third-order valence-electron chi connectivity index (χ3n) is 3.52. The van der Waals surface area contributed by atoms with Crippen LogP contribution in [0.3, 0.4) is 0 Å². The van der Waals surface area contributed by atoms with Gasteiger partial charge in [-0.2, -0.15) is 0 Å². The third kappa shape index (κ3) is 4.17. The molecule has 2 aromatic rings. The van der Waals surface area contributed by atoms with Crippen molar-refractivity contribution in [3.05, 3.63) is 46.7 Å². The lowest BCUT2D eigenvalue weighted by molar-refractivity contribution is -0.142. The highest BCUT2D eigenvalue weighted by molar-refractivity contribution is 7.13. The topological polar surface area (TPSA) is 68.3 Å². The number of carbonyl (C=O) groups is 2. The number of amides is 1. The highest BCUT2D eigenvalue weighted by Gasteiger charge is 2.32. The van der Waals surface area contributed by atoms with Crippen LogP contribution in [-0.2, 0) is 26.2 Å². The standard InChI is InChI=1S/C17H19FN2O3S/c1-4-23-14(21)9-11-10-24-16(19-11)20-15(22)17(2,3)12-7-5-6-8-13(12)18/h5-8,10H,4,9H2,1-3H3,(H,19,20,22). The fourth-order valence-electron chi connectivity index (χ4n) is 2.15. The second-order valence-corrected chi connectivity index (χ2v) is 6.54. The molecule has 0 saturated heterocycles. The molecule has 0 fully saturated rings. The Balaban J connectivity index is 2.08. The van der Waals surface area contributed by atoms with Gasteiger partial charge in [0.1, 0.15) is 5.82 Å². The second-order valence-electron chi connectivity index (χ2n) is 5.68. The van der Waals surface area contributed by atoms with E-state index in [1.165, 1.54) is 17.4 Å². The molecule has 0 aliphatic heterocycles. The zero-order valence-electron chi connectivity index (χ0n) is 13.8. The first kappa shape index (κ1) is 18.1. The Morgan fingerprint density at radius 1 is 1.33 bits per heavy atom. The van der Waals surface area contributed by atoms with E-state index in [9.17, 15) is 14.0 Å². The van der Waals surface area contributed by atoms with Crippen molar-refractivity contribution in [1.82, 2.24) is 4.98 Å². The number of rotatable bonds is 6. The maximum Gasteiger partial charge on any atom is 0.311 e. The van der Waals surface area contributed by atoms with Crippen molar-refractivity contribution >= 4 is 28.3 Å². The number of esters is 1. The number of nitrogens with one attached hydrogen (secondary N) is 1. The van der Waals surface area contributed by atoms with Crippen molar-refractivity contribution in [2.24, 2.45) is 0 Å². The maximum absolute atomic E-state index is 14.0. The monoisotopic (exact) mass is 350 g/mol. The van der Waals surface area contributed by atoms with Gasteiger partial charge in [-0.25, -0.2) is 9.37 Å². The first-order valence-corrected chi connectivity index (χ1v) is 8.39. The molecule has 128 valence electrons. The highest BCUT2D eigenvalue weighted by Crippen LogP contribution is 2.28. The van der Waals surface area contributed by atoms with E-state index in [0.29, 0.717) is 23.0 Å². The summed E-state index contributed by atoms with van der Waals surface area (Å²) in [6, 6.07) is 6.18. The van der Waals surface area contributed by atoms with E-state index >= 15 is 0 Å². The van der Waals surface area contributed by atoms with Crippen LogP contribution in [0.2, 0.25) is 0 Å². The van der Waals surface area contributed by atoms with E-state index in [-0.39, 0.29) is 18.3 Å². The molecular weight excluding hydrogens is 331 g/mol. The zero-order chi connectivity index (χ0) is 17.7. The van der Waals surface area contributed by atoms with E-state index < -0.39 is 11.2 Å². The van der Waals surface area contributed by atoms with Crippen LogP contribution in [0.25, 0.3) is 0 Å². The Labute approximate surface area is 143 Å². The predicted molar refractivity (Wildman–Crippen MR) is 90.5 cm³/mol. The van der Waals surface area contributed by atoms with Crippen molar-refractivity contribution in [2.45, 2.75) is 32.6 Å². The molecule has 0 saturated carbocycles. The average molecular weight is 350 g/mol. The van der Waals surface area contributed by atoms with Crippen LogP contribution in [0.4, 0.5) is 9.52 Å². The van der Waals surface area contributed by atoms with E-state index in [1.54, 1.807) is 44.4 Å². The van der Waals surface area contributed by atoms with Gasteiger partial charge in [0.15, 0.2) is 5.13 Å². The van der Waals surface area contributed by atoms with Crippen LogP contribution < -0.4 is 5.32 Å². The molecule has 24 heavy (non-hydrogen) atoms. The summed E-state index contributed by atoms with van der Waals surface area (Å²) in [5.74, 6) is -1.17. The van der Waals surface area contributed by atoms with Gasteiger partial charge in [-0.1, -0.05) is 18.2 Å². The number of carbonyl (C=O) groups excluding carboxylic acids is 2. The molecule has 7 heteroatoms. The number of thiazole rings is 1. The Hall–Kier alpha value is -2.28. The summed E-state index contributed by atoms with van der Waals surface area (Å²) in [6.07, 6.45) is 0.0525. The highest BCUT2D eigenvalue weighted by atomic mass is 32.1. The molecule has 1 aromatic carbocycles. The van der Waals surface area contributed by atoms with Crippen molar-refractivity contribution < 1.29 is 18.7 Å². The smallest absolute Gasteiger partial charge is 0.311 e. The molecule has 5 nitrogen and oxygen atoms in total. The molecule has 0 spiro atoms. The van der Waals surface area contributed by atoms with Gasteiger partial charge in [0.25, 0.3) is 0 Å². The summed E-state index contributed by atoms with van der Waals surface area (Å²) in [5, 5.41) is 4.73. The molecule has 0 aliphatic carbocycles. The van der Waals surface area contributed by atoms with Crippen molar-refractivity contribution in [3.63, 3.8) is 0 Å². The van der Waals surface area contributed by atoms with E-state index in [0.717, 1.165) is 0 Å². The largest absolute Gasteiger partial charge is 0.466 e. The molecule has 0 radical (unpaired) electrons. The first-order valence-electron chi connectivity index (χ1n) is 7.51. The number of aromatic nitrogens is 1. The van der Waals surface area contributed by atoms with E-state index in [2.05, 4.69) is 10.3 Å². The van der Waals surface area contributed by atoms with Crippen molar-refractivity contribution in [2.75, 3.05) is 11.9 Å². The molecule has 0 unspecified atom stereocenters. The average Bonchev–Trinajstić information content (AvgIpc) is 2.94. The summed E-state index contributed by atoms with van der Waals surface area (Å²) in [7, 11) is 0. The number of hydrogen-bond donors (Lipinski definition) is 1. The number of halogens is 1. The minimum Gasteiger partial charge on any atom is -0.466 e. The molecule has 1 heterocycles. The third-order valence-corrected chi connectivity index (χ3v) is 4.32. The van der Waals surface area contributed by atoms with Crippen LogP contribution in [-0.4, -0.2) is 23.5 Å². The number of nitrogens with zero attached hydrogens (tertiary/aromatic N) is 1. The van der Waals surface area contributed by atoms with Crippen LogP contribution in [0.5, 0.6) is 0 Å². The molecular formula is C17H19FN2O3S. The summed E-state index contributed by atoms with van der Waals surface area (Å²) < 4.78 is 18.8. The Bertz CT molecular complexity index is 743. The summed E-state index contributed by atoms with van der Waals surface area (Å²) in [5.41, 5.74) is -0.221. The van der Waals surface area contributed by atoms with Gasteiger partial charge in [0.05, 0.1) is 24.1 Å². The molecule has 1 amide bonds. The van der Waals surface area contributed by atoms with Crippen molar-refractivity contribution in [1.29, 1.82) is 0 Å². The van der Waals surface area contributed by atoms with Crippen LogP contribution in [0, 0.1) is 5.82 Å². The summed E-state index contributed by atoms with van der Waals surface area (Å²) >= 11 is 1.21. The van der Waals surface area contributed by atoms with Gasteiger partial charge in [-0.3, -0.25) is 9.59 Å². The minimum atomic E-state index is -1.06. The van der Waals surface area contributed by atoms with Gasteiger partial charge < -0.3 is 10.1 Å². The van der Waals surface area contributed by atoms with Gasteiger partial charge >= 0.3 is 5.97 Å². The molecule has 2 rings (SSSR count). The SMILES string of the molecule is CCOC(=O)Cc1csc(NC(=O)C(C)(C)c2ccccc2F)n1. The number of benzene rings is 1. The Morgan fingerprint density at radius 3 is 2.71 bits per heavy atom. The number of anilines is 1. The Kier molecular flexibility index (Phi) is 5.66. The van der Waals surface area contributed by atoms with Crippen molar-refractivity contribution in [3.8, 4) is 0 Å². The molecule has 0 aliphatic rings. The van der Waals surface area contributed by atoms with Gasteiger partial charge in [0.2, 0.25) is 5.91 Å². The maximum atomic E-state index is 14.0. The van der Waals surface area contributed by atoms with Gasteiger partial charge in [0, 0.05) is 10.9 Å². The summed E-state index contributed by atoms with van der Waals surface area (Å²) in [6.45, 7) is 5.33.